The zero-order chi connectivity index (χ0) is 19.9. The molecule has 6 heteroatoms. The molecule has 2 aliphatic heterocycles. The normalized spacial score (nSPS) is 26.0. The number of urea groups is 1. The molecule has 0 aromatic heterocycles. The largest absolute Gasteiger partial charge is 0.373 e. The molecule has 0 saturated carbocycles. The number of benzene rings is 1. The van der Waals surface area contributed by atoms with Gasteiger partial charge in [-0.15, -0.1) is 0 Å². The van der Waals surface area contributed by atoms with Crippen LogP contribution in [-0.2, 0) is 11.3 Å². The molecule has 3 unspecified atom stereocenters. The van der Waals surface area contributed by atoms with E-state index in [2.05, 4.69) is 71.5 Å². The third kappa shape index (κ3) is 6.47. The first-order valence-electron chi connectivity index (χ1n) is 10.7. The number of carbonyl (C=O) groups is 1. The molecule has 0 bridgehead atoms. The topological polar surface area (TPSA) is 56.8 Å². The molecular formula is C22H36N4O2. The molecule has 0 radical (unpaired) electrons. The van der Waals surface area contributed by atoms with Crippen LogP contribution in [0.4, 0.5) is 4.79 Å². The zero-order valence-electron chi connectivity index (χ0n) is 17.6. The molecule has 28 heavy (non-hydrogen) atoms. The molecule has 0 aliphatic carbocycles. The summed E-state index contributed by atoms with van der Waals surface area (Å²) in [6, 6.07) is 11.1. The molecule has 2 saturated heterocycles. The van der Waals surface area contributed by atoms with Gasteiger partial charge in [-0.05, 0) is 39.2 Å². The Kier molecular flexibility index (Phi) is 7.71. The minimum Gasteiger partial charge on any atom is -0.373 e. The highest BCUT2D eigenvalue weighted by Crippen LogP contribution is 2.15. The van der Waals surface area contributed by atoms with Crippen molar-refractivity contribution in [3.05, 3.63) is 35.9 Å². The van der Waals surface area contributed by atoms with E-state index in [0.29, 0.717) is 12.6 Å². The summed E-state index contributed by atoms with van der Waals surface area (Å²) in [4.78, 5) is 17.2. The summed E-state index contributed by atoms with van der Waals surface area (Å²) in [6.45, 7) is 12.0. The summed E-state index contributed by atoms with van der Waals surface area (Å²) in [5, 5.41) is 6.22. The maximum absolute atomic E-state index is 12.3. The van der Waals surface area contributed by atoms with Crippen molar-refractivity contribution < 1.29 is 9.53 Å². The van der Waals surface area contributed by atoms with Gasteiger partial charge in [0, 0.05) is 51.4 Å². The SMILES string of the molecule is CC1CN(C(C)CNC(=O)NC2CCN(Cc3ccccc3)CC2)CC(C)O1. The van der Waals surface area contributed by atoms with E-state index in [4.69, 9.17) is 4.74 Å². The first kappa shape index (κ1) is 21.1. The Hall–Kier alpha value is -1.63. The molecule has 3 rings (SSSR count). The van der Waals surface area contributed by atoms with Crippen LogP contribution in [0.25, 0.3) is 0 Å². The van der Waals surface area contributed by atoms with Crippen molar-refractivity contribution in [2.75, 3.05) is 32.7 Å². The lowest BCUT2D eigenvalue weighted by Crippen LogP contribution is -2.54. The van der Waals surface area contributed by atoms with Gasteiger partial charge >= 0.3 is 6.03 Å². The average molecular weight is 389 g/mol. The van der Waals surface area contributed by atoms with E-state index in [1.807, 2.05) is 0 Å². The van der Waals surface area contributed by atoms with E-state index in [-0.39, 0.29) is 24.3 Å². The van der Waals surface area contributed by atoms with E-state index < -0.39 is 0 Å². The number of hydrogen-bond donors (Lipinski definition) is 2. The molecule has 1 aromatic rings. The monoisotopic (exact) mass is 388 g/mol. The molecule has 2 amide bonds. The van der Waals surface area contributed by atoms with E-state index in [0.717, 1.165) is 45.6 Å². The van der Waals surface area contributed by atoms with E-state index in [1.54, 1.807) is 0 Å². The summed E-state index contributed by atoms with van der Waals surface area (Å²) >= 11 is 0. The second-order valence-corrected chi connectivity index (χ2v) is 8.45. The van der Waals surface area contributed by atoms with Gasteiger partial charge in [0.05, 0.1) is 12.2 Å². The quantitative estimate of drug-likeness (QED) is 0.786. The van der Waals surface area contributed by atoms with Crippen LogP contribution in [0.3, 0.4) is 0 Å². The van der Waals surface area contributed by atoms with Crippen molar-refractivity contribution in [3.63, 3.8) is 0 Å². The minimum absolute atomic E-state index is 0.0392. The number of piperidine rings is 1. The van der Waals surface area contributed by atoms with Gasteiger partial charge in [-0.25, -0.2) is 4.79 Å². The van der Waals surface area contributed by atoms with Gasteiger partial charge < -0.3 is 15.4 Å². The van der Waals surface area contributed by atoms with Gasteiger partial charge in [-0.3, -0.25) is 9.80 Å². The molecule has 2 aliphatic rings. The Morgan fingerprint density at radius 1 is 1.14 bits per heavy atom. The molecule has 156 valence electrons. The predicted octanol–water partition coefficient (Wildman–Crippen LogP) is 2.45. The first-order valence-corrected chi connectivity index (χ1v) is 10.7. The lowest BCUT2D eigenvalue weighted by molar-refractivity contribution is -0.0778. The summed E-state index contributed by atoms with van der Waals surface area (Å²) in [6.07, 6.45) is 2.52. The standard InChI is InChI=1S/C22H36N4O2/c1-17(26-14-18(2)28-19(3)15-26)13-23-22(27)24-21-9-11-25(12-10-21)16-20-7-5-4-6-8-20/h4-8,17-19,21H,9-16H2,1-3H3,(H2,23,24,27). The molecular weight excluding hydrogens is 352 g/mol. The fourth-order valence-electron chi connectivity index (χ4n) is 4.26. The van der Waals surface area contributed by atoms with Crippen molar-refractivity contribution >= 4 is 6.03 Å². The maximum atomic E-state index is 12.3. The van der Waals surface area contributed by atoms with E-state index in [1.165, 1.54) is 5.56 Å². The lowest BCUT2D eigenvalue weighted by Gasteiger charge is -2.39. The molecule has 1 aromatic carbocycles. The Labute approximate surface area is 169 Å². The molecule has 0 spiro atoms. The number of hydrogen-bond acceptors (Lipinski definition) is 4. The number of morpholine rings is 1. The lowest BCUT2D eigenvalue weighted by atomic mass is 10.0. The third-order valence-corrected chi connectivity index (χ3v) is 5.80. The number of nitrogens with zero attached hydrogens (tertiary/aromatic N) is 2. The van der Waals surface area contributed by atoms with Crippen molar-refractivity contribution in [1.82, 2.24) is 20.4 Å². The second-order valence-electron chi connectivity index (χ2n) is 8.45. The predicted molar refractivity (Wildman–Crippen MR) is 112 cm³/mol. The number of likely N-dealkylation sites (tertiary alicyclic amines) is 1. The smallest absolute Gasteiger partial charge is 0.315 e. The summed E-state index contributed by atoms with van der Waals surface area (Å²) in [7, 11) is 0. The Balaban J connectivity index is 1.33. The van der Waals surface area contributed by atoms with Gasteiger partial charge in [-0.1, -0.05) is 30.3 Å². The molecule has 2 fully saturated rings. The zero-order valence-corrected chi connectivity index (χ0v) is 17.6. The van der Waals surface area contributed by atoms with Crippen LogP contribution in [-0.4, -0.2) is 72.8 Å². The third-order valence-electron chi connectivity index (χ3n) is 5.80. The Morgan fingerprint density at radius 2 is 1.79 bits per heavy atom. The van der Waals surface area contributed by atoms with Crippen LogP contribution >= 0.6 is 0 Å². The number of amides is 2. The van der Waals surface area contributed by atoms with Crippen molar-refractivity contribution in [1.29, 1.82) is 0 Å². The van der Waals surface area contributed by atoms with Crippen molar-refractivity contribution in [3.8, 4) is 0 Å². The highest BCUT2D eigenvalue weighted by Gasteiger charge is 2.26. The van der Waals surface area contributed by atoms with Crippen LogP contribution in [0.15, 0.2) is 30.3 Å². The number of carbonyl (C=O) groups excluding carboxylic acids is 1. The molecule has 2 heterocycles. The molecule has 2 N–H and O–H groups in total. The van der Waals surface area contributed by atoms with Crippen LogP contribution < -0.4 is 10.6 Å². The number of rotatable bonds is 6. The van der Waals surface area contributed by atoms with Crippen LogP contribution in [0, 0.1) is 0 Å². The Bertz CT molecular complexity index is 594. The van der Waals surface area contributed by atoms with Crippen LogP contribution in [0.1, 0.15) is 39.2 Å². The fraction of sp³-hybridized carbons (Fsp3) is 0.682. The number of ether oxygens (including phenoxy) is 1. The maximum Gasteiger partial charge on any atom is 0.315 e. The van der Waals surface area contributed by atoms with Gasteiger partial charge in [0.15, 0.2) is 0 Å². The van der Waals surface area contributed by atoms with Crippen LogP contribution in [0.5, 0.6) is 0 Å². The summed E-state index contributed by atoms with van der Waals surface area (Å²) in [5.74, 6) is 0. The fourth-order valence-corrected chi connectivity index (χ4v) is 4.26. The van der Waals surface area contributed by atoms with E-state index >= 15 is 0 Å². The molecule has 6 nitrogen and oxygen atoms in total. The average Bonchev–Trinajstić information content (AvgIpc) is 2.68. The highest BCUT2D eigenvalue weighted by molar-refractivity contribution is 5.74. The van der Waals surface area contributed by atoms with Gasteiger partial charge in [0.2, 0.25) is 0 Å². The van der Waals surface area contributed by atoms with Gasteiger partial charge in [0.25, 0.3) is 0 Å². The van der Waals surface area contributed by atoms with Gasteiger partial charge in [-0.2, -0.15) is 0 Å². The van der Waals surface area contributed by atoms with Crippen molar-refractivity contribution in [2.24, 2.45) is 0 Å². The Morgan fingerprint density at radius 3 is 2.43 bits per heavy atom. The van der Waals surface area contributed by atoms with Crippen LogP contribution in [0.2, 0.25) is 0 Å². The highest BCUT2D eigenvalue weighted by atomic mass is 16.5. The van der Waals surface area contributed by atoms with Crippen molar-refractivity contribution in [2.45, 2.75) is 64.4 Å². The molecule has 3 atom stereocenters. The second kappa shape index (κ2) is 10.2. The van der Waals surface area contributed by atoms with E-state index in [9.17, 15) is 4.79 Å². The number of nitrogens with one attached hydrogen (secondary N) is 2. The first-order chi connectivity index (χ1) is 13.5. The summed E-state index contributed by atoms with van der Waals surface area (Å²) < 4.78 is 5.79. The minimum atomic E-state index is -0.0392. The summed E-state index contributed by atoms with van der Waals surface area (Å²) in [5.41, 5.74) is 1.35. The van der Waals surface area contributed by atoms with Gasteiger partial charge in [0.1, 0.15) is 0 Å².